The number of nitrogens with one attached hydrogen (secondary N) is 1. The van der Waals surface area contributed by atoms with E-state index in [9.17, 15) is 9.59 Å². The molecule has 0 aliphatic carbocycles. The van der Waals surface area contributed by atoms with Gasteiger partial charge in [0.05, 0.1) is 45.5 Å². The molecule has 2 aromatic carbocycles. The first kappa shape index (κ1) is 22.8. The van der Waals surface area contributed by atoms with E-state index in [1.165, 1.54) is 26.0 Å². The highest BCUT2D eigenvalue weighted by molar-refractivity contribution is 5.96. The Hall–Kier alpha value is -4.40. The number of nitrogens with zero attached hydrogens (tertiary/aromatic N) is 3. The summed E-state index contributed by atoms with van der Waals surface area (Å²) in [6.45, 7) is 0.384. The molecule has 9 heteroatoms. The average Bonchev–Trinajstić information content (AvgIpc) is 2.89. The average molecular weight is 460 g/mol. The predicted octanol–water partition coefficient (Wildman–Crippen LogP) is 2.80. The number of methoxy groups -OCH3 is 3. The summed E-state index contributed by atoms with van der Waals surface area (Å²) < 4.78 is 17.4. The van der Waals surface area contributed by atoms with E-state index in [4.69, 9.17) is 14.2 Å². The summed E-state index contributed by atoms with van der Waals surface area (Å²) in [7, 11) is 4.47. The fourth-order valence-corrected chi connectivity index (χ4v) is 3.69. The zero-order valence-corrected chi connectivity index (χ0v) is 19.1. The number of carbonyl (C=O) groups is 1. The summed E-state index contributed by atoms with van der Waals surface area (Å²) in [5.74, 6) is 0.799. The molecule has 2 aromatic heterocycles. The van der Waals surface area contributed by atoms with Gasteiger partial charge in [-0.1, -0.05) is 24.3 Å². The molecule has 0 atom stereocenters. The van der Waals surface area contributed by atoms with E-state index < -0.39 is 0 Å². The van der Waals surface area contributed by atoms with Gasteiger partial charge in [0.15, 0.2) is 11.5 Å². The number of hydrogen-bond donors (Lipinski definition) is 1. The van der Waals surface area contributed by atoms with Crippen LogP contribution in [-0.4, -0.2) is 42.0 Å². The summed E-state index contributed by atoms with van der Waals surface area (Å²) in [5, 5.41) is 8.63. The molecule has 0 saturated heterocycles. The van der Waals surface area contributed by atoms with Crippen LogP contribution in [0, 0.1) is 0 Å². The SMILES string of the molecule is COc1cc(C(=O)NCc2nn(Cc3cccnc3)c(=O)c3ccccc23)cc(OC)c1OC. The van der Waals surface area contributed by atoms with Gasteiger partial charge in [0.25, 0.3) is 11.5 Å². The normalized spacial score (nSPS) is 10.7. The number of ether oxygens (including phenoxy) is 3. The molecule has 4 aromatic rings. The zero-order valence-electron chi connectivity index (χ0n) is 19.1. The first-order valence-electron chi connectivity index (χ1n) is 10.5. The van der Waals surface area contributed by atoms with Crippen molar-refractivity contribution in [2.24, 2.45) is 0 Å². The van der Waals surface area contributed by atoms with Crippen LogP contribution in [0.1, 0.15) is 21.6 Å². The fourth-order valence-electron chi connectivity index (χ4n) is 3.69. The maximum absolute atomic E-state index is 13.0. The Morgan fingerprint density at radius 3 is 2.29 bits per heavy atom. The molecule has 0 aliphatic rings. The predicted molar refractivity (Wildman–Crippen MR) is 127 cm³/mol. The minimum Gasteiger partial charge on any atom is -0.493 e. The van der Waals surface area contributed by atoms with Gasteiger partial charge in [-0.3, -0.25) is 14.6 Å². The maximum atomic E-state index is 13.0. The lowest BCUT2D eigenvalue weighted by atomic mass is 10.1. The van der Waals surface area contributed by atoms with Crippen LogP contribution in [0.4, 0.5) is 0 Å². The Bertz CT molecular complexity index is 1360. The fraction of sp³-hybridized carbons (Fsp3) is 0.200. The van der Waals surface area contributed by atoms with Gasteiger partial charge in [-0.2, -0.15) is 5.10 Å². The highest BCUT2D eigenvalue weighted by atomic mass is 16.5. The van der Waals surface area contributed by atoms with Crippen LogP contribution in [0.5, 0.6) is 17.2 Å². The van der Waals surface area contributed by atoms with E-state index in [0.29, 0.717) is 39.3 Å². The lowest BCUT2D eigenvalue weighted by Crippen LogP contribution is -2.29. The topological polar surface area (TPSA) is 105 Å². The van der Waals surface area contributed by atoms with Crippen molar-refractivity contribution >= 4 is 16.7 Å². The van der Waals surface area contributed by atoms with Gasteiger partial charge in [-0.25, -0.2) is 4.68 Å². The first-order valence-corrected chi connectivity index (χ1v) is 10.5. The van der Waals surface area contributed by atoms with E-state index in [1.54, 1.807) is 42.7 Å². The van der Waals surface area contributed by atoms with Crippen LogP contribution in [0.25, 0.3) is 10.8 Å². The van der Waals surface area contributed by atoms with Crippen LogP contribution in [0.2, 0.25) is 0 Å². The number of amides is 1. The zero-order chi connectivity index (χ0) is 24.1. The summed E-state index contributed by atoms with van der Waals surface area (Å²) in [6.07, 6.45) is 3.36. The quantitative estimate of drug-likeness (QED) is 0.431. The standard InChI is InChI=1S/C25H24N4O5/c1-32-21-11-17(12-22(33-2)23(21)34-3)24(30)27-14-20-18-8-4-5-9-19(18)25(31)29(28-20)15-16-7-6-10-26-13-16/h4-13H,14-15H2,1-3H3,(H,27,30). The van der Waals surface area contributed by atoms with Crippen LogP contribution >= 0.6 is 0 Å². The molecule has 0 aliphatic heterocycles. The molecule has 0 bridgehead atoms. The number of benzene rings is 2. The Balaban J connectivity index is 1.65. The van der Waals surface area contributed by atoms with E-state index >= 15 is 0 Å². The maximum Gasteiger partial charge on any atom is 0.274 e. The molecule has 0 spiro atoms. The number of pyridine rings is 1. The Labute approximate surface area is 195 Å². The lowest BCUT2D eigenvalue weighted by Gasteiger charge is -2.15. The number of carbonyl (C=O) groups excluding carboxylic acids is 1. The van der Waals surface area contributed by atoms with Gasteiger partial charge >= 0.3 is 0 Å². The van der Waals surface area contributed by atoms with Crippen LogP contribution in [0.15, 0.2) is 65.7 Å². The molecule has 0 saturated carbocycles. The van der Waals surface area contributed by atoms with E-state index in [0.717, 1.165) is 5.56 Å². The molecule has 0 radical (unpaired) electrons. The van der Waals surface area contributed by atoms with E-state index in [1.807, 2.05) is 18.2 Å². The van der Waals surface area contributed by atoms with E-state index in [2.05, 4.69) is 15.4 Å². The van der Waals surface area contributed by atoms with Crippen molar-refractivity contribution in [3.8, 4) is 17.2 Å². The summed E-state index contributed by atoms with van der Waals surface area (Å²) in [4.78, 5) is 30.1. The van der Waals surface area contributed by atoms with Gasteiger partial charge in [0, 0.05) is 23.3 Å². The number of rotatable bonds is 8. The second-order valence-electron chi connectivity index (χ2n) is 7.41. The summed E-state index contributed by atoms with van der Waals surface area (Å²) >= 11 is 0. The lowest BCUT2D eigenvalue weighted by molar-refractivity contribution is 0.0949. The van der Waals surface area contributed by atoms with Gasteiger partial charge in [0.1, 0.15) is 0 Å². The van der Waals surface area contributed by atoms with Crippen molar-refractivity contribution in [1.29, 1.82) is 0 Å². The van der Waals surface area contributed by atoms with Crippen LogP contribution in [-0.2, 0) is 13.1 Å². The molecule has 34 heavy (non-hydrogen) atoms. The van der Waals surface area contributed by atoms with Gasteiger partial charge in [0.2, 0.25) is 5.75 Å². The van der Waals surface area contributed by atoms with E-state index in [-0.39, 0.29) is 24.6 Å². The molecular weight excluding hydrogens is 436 g/mol. The molecule has 1 N–H and O–H groups in total. The Morgan fingerprint density at radius 1 is 0.971 bits per heavy atom. The monoisotopic (exact) mass is 460 g/mol. The number of aromatic nitrogens is 3. The third-order valence-electron chi connectivity index (χ3n) is 5.34. The second-order valence-corrected chi connectivity index (χ2v) is 7.41. The van der Waals surface area contributed by atoms with Gasteiger partial charge in [-0.15, -0.1) is 0 Å². The van der Waals surface area contributed by atoms with Crippen LogP contribution in [0.3, 0.4) is 0 Å². The third-order valence-corrected chi connectivity index (χ3v) is 5.34. The molecule has 0 unspecified atom stereocenters. The van der Waals surface area contributed by atoms with Crippen molar-refractivity contribution in [3.63, 3.8) is 0 Å². The minimum atomic E-state index is -0.352. The largest absolute Gasteiger partial charge is 0.493 e. The van der Waals surface area contributed by atoms with Gasteiger partial charge < -0.3 is 19.5 Å². The molecule has 0 fully saturated rings. The van der Waals surface area contributed by atoms with Crippen molar-refractivity contribution in [3.05, 3.63) is 88.1 Å². The molecule has 2 heterocycles. The summed E-state index contributed by atoms with van der Waals surface area (Å²) in [5.41, 5.74) is 1.54. The third kappa shape index (κ3) is 4.54. The van der Waals surface area contributed by atoms with Crippen molar-refractivity contribution in [2.45, 2.75) is 13.1 Å². The number of fused-ring (bicyclic) bond motifs is 1. The first-order chi connectivity index (χ1) is 16.5. The molecule has 4 rings (SSSR count). The van der Waals surface area contributed by atoms with Crippen molar-refractivity contribution in [2.75, 3.05) is 21.3 Å². The number of hydrogen-bond acceptors (Lipinski definition) is 7. The minimum absolute atomic E-state index is 0.114. The highest BCUT2D eigenvalue weighted by Crippen LogP contribution is 2.38. The van der Waals surface area contributed by atoms with Crippen molar-refractivity contribution < 1.29 is 19.0 Å². The molecule has 174 valence electrons. The van der Waals surface area contributed by atoms with Gasteiger partial charge in [-0.05, 0) is 29.8 Å². The van der Waals surface area contributed by atoms with Crippen molar-refractivity contribution in [1.82, 2.24) is 20.1 Å². The molecule has 9 nitrogen and oxygen atoms in total. The molecule has 1 amide bonds. The summed E-state index contributed by atoms with van der Waals surface area (Å²) in [6, 6.07) is 14.0. The smallest absolute Gasteiger partial charge is 0.274 e. The second kappa shape index (κ2) is 10.0. The Kier molecular flexibility index (Phi) is 6.72. The molecular formula is C25H24N4O5. The van der Waals surface area contributed by atoms with Crippen LogP contribution < -0.4 is 25.1 Å². The Morgan fingerprint density at radius 2 is 1.68 bits per heavy atom. The highest BCUT2D eigenvalue weighted by Gasteiger charge is 2.18.